The molecule has 0 aromatic carbocycles. The summed E-state index contributed by atoms with van der Waals surface area (Å²) < 4.78 is 5.04. The van der Waals surface area contributed by atoms with Crippen molar-refractivity contribution in [3.63, 3.8) is 0 Å². The van der Waals surface area contributed by atoms with E-state index in [2.05, 4.69) is 0 Å². The highest BCUT2D eigenvalue weighted by molar-refractivity contribution is 5.38. The van der Waals surface area contributed by atoms with Crippen LogP contribution in [0.2, 0.25) is 0 Å². The quantitative estimate of drug-likeness (QED) is 0.708. The Balaban J connectivity index is 2.21. The van der Waals surface area contributed by atoms with E-state index < -0.39 is 0 Å². The maximum absolute atomic E-state index is 10.3. The van der Waals surface area contributed by atoms with E-state index >= 15 is 0 Å². The second-order valence-corrected chi connectivity index (χ2v) is 5.29. The van der Waals surface area contributed by atoms with E-state index in [0.29, 0.717) is 0 Å². The van der Waals surface area contributed by atoms with Crippen molar-refractivity contribution in [2.24, 2.45) is 0 Å². The third-order valence-electron chi connectivity index (χ3n) is 3.77. The van der Waals surface area contributed by atoms with E-state index in [-0.39, 0.29) is 6.10 Å². The Labute approximate surface area is 106 Å². The van der Waals surface area contributed by atoms with Crippen LogP contribution < -0.4 is 0 Å². The summed E-state index contributed by atoms with van der Waals surface area (Å²) in [6.45, 7) is 1.62. The Bertz CT molecular complexity index is 166. The predicted molar refractivity (Wildman–Crippen MR) is 70.6 cm³/mol. The Morgan fingerprint density at radius 2 is 1.00 bits per heavy atom. The summed E-state index contributed by atoms with van der Waals surface area (Å²) in [4.78, 5) is 10.3. The SMILES string of the molecule is O=[C]OC1CCCCCCCCCCCCC1. The molecule has 0 aromatic rings. The van der Waals surface area contributed by atoms with E-state index in [1.807, 2.05) is 0 Å². The van der Waals surface area contributed by atoms with Crippen molar-refractivity contribution in [3.8, 4) is 0 Å². The summed E-state index contributed by atoms with van der Waals surface area (Å²) in [7, 11) is 0. The summed E-state index contributed by atoms with van der Waals surface area (Å²) in [6.07, 6.45) is 16.9. The van der Waals surface area contributed by atoms with Gasteiger partial charge in [-0.05, 0) is 25.7 Å². The second-order valence-electron chi connectivity index (χ2n) is 5.29. The fourth-order valence-corrected chi connectivity index (χ4v) is 2.67. The number of ether oxygens (including phenoxy) is 1. The minimum atomic E-state index is 0.135. The maximum Gasteiger partial charge on any atom is 0.417 e. The second kappa shape index (κ2) is 10.6. The number of hydrogen-bond acceptors (Lipinski definition) is 2. The molecule has 0 heterocycles. The summed E-state index contributed by atoms with van der Waals surface area (Å²) in [5.41, 5.74) is 0. The molecule has 1 aliphatic carbocycles. The summed E-state index contributed by atoms with van der Waals surface area (Å²) >= 11 is 0. The molecule has 1 rings (SSSR count). The van der Waals surface area contributed by atoms with Crippen LogP contribution in [0.4, 0.5) is 0 Å². The Hall–Kier alpha value is -0.530. The molecule has 99 valence electrons. The molecular formula is C15H27O2. The Kier molecular flexibility index (Phi) is 9.07. The lowest BCUT2D eigenvalue weighted by Gasteiger charge is -2.14. The normalized spacial score (nSPS) is 22.6. The zero-order chi connectivity index (χ0) is 12.2. The van der Waals surface area contributed by atoms with Gasteiger partial charge in [-0.25, -0.2) is 4.79 Å². The first-order chi connectivity index (χ1) is 8.43. The van der Waals surface area contributed by atoms with E-state index in [1.165, 1.54) is 70.6 Å². The lowest BCUT2D eigenvalue weighted by Crippen LogP contribution is -2.12. The van der Waals surface area contributed by atoms with Crippen LogP contribution in [0, 0.1) is 0 Å². The van der Waals surface area contributed by atoms with Gasteiger partial charge in [0.2, 0.25) is 0 Å². The van der Waals surface area contributed by atoms with Crippen molar-refractivity contribution in [2.45, 2.75) is 89.6 Å². The van der Waals surface area contributed by atoms with E-state index in [4.69, 9.17) is 4.74 Å². The van der Waals surface area contributed by atoms with Crippen LogP contribution in [-0.4, -0.2) is 12.6 Å². The van der Waals surface area contributed by atoms with Crippen molar-refractivity contribution < 1.29 is 9.53 Å². The molecule has 0 spiro atoms. The van der Waals surface area contributed by atoms with Crippen molar-refractivity contribution in [2.75, 3.05) is 0 Å². The fraction of sp³-hybridized carbons (Fsp3) is 0.933. The third kappa shape index (κ3) is 8.23. The van der Waals surface area contributed by atoms with Crippen molar-refractivity contribution in [1.82, 2.24) is 0 Å². The molecule has 1 fully saturated rings. The molecule has 0 saturated heterocycles. The highest BCUT2D eigenvalue weighted by Crippen LogP contribution is 2.18. The lowest BCUT2D eigenvalue weighted by atomic mass is 10.00. The van der Waals surface area contributed by atoms with E-state index in [1.54, 1.807) is 6.47 Å². The monoisotopic (exact) mass is 239 g/mol. The minimum absolute atomic E-state index is 0.135. The molecule has 1 radical (unpaired) electrons. The van der Waals surface area contributed by atoms with Gasteiger partial charge in [-0.3, -0.25) is 0 Å². The number of hydrogen-bond donors (Lipinski definition) is 0. The van der Waals surface area contributed by atoms with Crippen LogP contribution in [0.3, 0.4) is 0 Å². The standard InChI is InChI=1S/C15H27O2/c16-14-17-15-12-10-8-6-4-2-1-3-5-7-9-11-13-15/h15H,1-13H2. The average Bonchev–Trinajstić information content (AvgIpc) is 2.34. The van der Waals surface area contributed by atoms with Gasteiger partial charge in [-0.1, -0.05) is 57.8 Å². The average molecular weight is 239 g/mol. The van der Waals surface area contributed by atoms with E-state index in [0.717, 1.165) is 12.8 Å². The minimum Gasteiger partial charge on any atom is -0.454 e. The van der Waals surface area contributed by atoms with Crippen LogP contribution in [-0.2, 0) is 9.53 Å². The largest absolute Gasteiger partial charge is 0.454 e. The van der Waals surface area contributed by atoms with Crippen LogP contribution in [0.25, 0.3) is 0 Å². The first-order valence-electron chi connectivity index (χ1n) is 7.46. The van der Waals surface area contributed by atoms with Crippen LogP contribution >= 0.6 is 0 Å². The van der Waals surface area contributed by atoms with Crippen LogP contribution in [0.5, 0.6) is 0 Å². The van der Waals surface area contributed by atoms with Gasteiger partial charge in [0.05, 0.1) is 0 Å². The van der Waals surface area contributed by atoms with Gasteiger partial charge >= 0.3 is 6.47 Å². The zero-order valence-electron chi connectivity index (χ0n) is 11.1. The molecular weight excluding hydrogens is 212 g/mol. The lowest BCUT2D eigenvalue weighted by molar-refractivity contribution is 0.150. The fourth-order valence-electron chi connectivity index (χ4n) is 2.67. The van der Waals surface area contributed by atoms with Gasteiger partial charge in [0.25, 0.3) is 0 Å². The van der Waals surface area contributed by atoms with Crippen molar-refractivity contribution in [1.29, 1.82) is 0 Å². The Morgan fingerprint density at radius 1 is 0.647 bits per heavy atom. The first kappa shape index (κ1) is 14.5. The topological polar surface area (TPSA) is 26.3 Å². The van der Waals surface area contributed by atoms with Gasteiger partial charge in [-0.2, -0.15) is 0 Å². The molecule has 2 heteroatoms. The molecule has 2 nitrogen and oxygen atoms in total. The van der Waals surface area contributed by atoms with Crippen molar-refractivity contribution >= 4 is 6.47 Å². The summed E-state index contributed by atoms with van der Waals surface area (Å²) in [6, 6.07) is 0. The molecule has 0 atom stereocenters. The first-order valence-corrected chi connectivity index (χ1v) is 7.46. The van der Waals surface area contributed by atoms with Gasteiger partial charge in [-0.15, -0.1) is 0 Å². The zero-order valence-corrected chi connectivity index (χ0v) is 11.1. The van der Waals surface area contributed by atoms with Gasteiger partial charge < -0.3 is 4.74 Å². The molecule has 0 amide bonds. The van der Waals surface area contributed by atoms with Gasteiger partial charge in [0.15, 0.2) is 0 Å². The molecule has 17 heavy (non-hydrogen) atoms. The highest BCUT2D eigenvalue weighted by atomic mass is 16.5. The van der Waals surface area contributed by atoms with Crippen LogP contribution in [0.1, 0.15) is 83.5 Å². The molecule has 0 aliphatic heterocycles. The summed E-state index contributed by atoms with van der Waals surface area (Å²) in [5.74, 6) is 0. The molecule has 0 N–H and O–H groups in total. The third-order valence-corrected chi connectivity index (χ3v) is 3.77. The van der Waals surface area contributed by atoms with Crippen molar-refractivity contribution in [3.05, 3.63) is 0 Å². The van der Waals surface area contributed by atoms with Gasteiger partial charge in [0, 0.05) is 0 Å². The molecule has 0 aromatic heterocycles. The molecule has 0 unspecified atom stereocenters. The smallest absolute Gasteiger partial charge is 0.417 e. The van der Waals surface area contributed by atoms with Crippen LogP contribution in [0.15, 0.2) is 0 Å². The van der Waals surface area contributed by atoms with Gasteiger partial charge in [0.1, 0.15) is 6.10 Å². The number of rotatable bonds is 2. The van der Waals surface area contributed by atoms with E-state index in [9.17, 15) is 4.79 Å². The highest BCUT2D eigenvalue weighted by Gasteiger charge is 2.09. The number of carbonyl (C=O) groups excluding carboxylic acids is 1. The predicted octanol–water partition coefficient (Wildman–Crippen LogP) is 4.52. The molecule has 1 saturated carbocycles. The molecule has 0 bridgehead atoms. The summed E-state index contributed by atoms with van der Waals surface area (Å²) in [5, 5.41) is 0. The maximum atomic E-state index is 10.3. The Morgan fingerprint density at radius 3 is 1.35 bits per heavy atom. The molecule has 1 aliphatic rings.